The quantitative estimate of drug-likeness (QED) is 0.718. The molecule has 0 atom stereocenters. The lowest BCUT2D eigenvalue weighted by Crippen LogP contribution is -2.11. The molecule has 96 valence electrons. The molecule has 3 aromatic rings. The van der Waals surface area contributed by atoms with Crippen molar-refractivity contribution in [2.75, 3.05) is 19.0 Å². The fourth-order valence-electron chi connectivity index (χ4n) is 2.21. The Kier molecular flexibility index (Phi) is 2.91. The Morgan fingerprint density at radius 1 is 1.05 bits per heavy atom. The topological polar surface area (TPSA) is 34.0 Å². The minimum Gasteiger partial charge on any atom is -0.361 e. The minimum absolute atomic E-state index is 0.828. The minimum atomic E-state index is 0.828. The molecule has 0 aliphatic carbocycles. The Labute approximate surface area is 112 Å². The molecule has 0 bridgehead atoms. The molecule has 2 heterocycles. The number of aromatic nitrogens is 3. The monoisotopic (exact) mass is 252 g/mol. The highest BCUT2D eigenvalue weighted by Crippen LogP contribution is 2.21. The number of nitrogens with zero attached hydrogens (tertiary/aromatic N) is 4. The predicted octanol–water partition coefficient (Wildman–Crippen LogP) is 2.55. The van der Waals surface area contributed by atoms with E-state index in [2.05, 4.69) is 38.8 Å². The number of hydrogen-bond acceptors (Lipinski definition) is 3. The molecule has 0 spiro atoms. The smallest absolute Gasteiger partial charge is 0.156 e. The normalized spacial score (nSPS) is 10.8. The number of fused-ring (bicyclic) bond motifs is 1. The van der Waals surface area contributed by atoms with Crippen molar-refractivity contribution in [1.82, 2.24) is 14.5 Å². The van der Waals surface area contributed by atoms with Crippen LogP contribution in [0.1, 0.15) is 5.56 Å². The van der Waals surface area contributed by atoms with Gasteiger partial charge in [-0.05, 0) is 11.6 Å². The van der Waals surface area contributed by atoms with Gasteiger partial charge in [0.15, 0.2) is 5.82 Å². The third-order valence-electron chi connectivity index (χ3n) is 3.14. The summed E-state index contributed by atoms with van der Waals surface area (Å²) in [7, 11) is 3.97. The van der Waals surface area contributed by atoms with Gasteiger partial charge in [-0.15, -0.1) is 0 Å². The lowest BCUT2D eigenvalue weighted by molar-refractivity contribution is 0.824. The summed E-state index contributed by atoms with van der Waals surface area (Å²) < 4.78 is 2.15. The summed E-state index contributed by atoms with van der Waals surface area (Å²) in [4.78, 5) is 10.9. The summed E-state index contributed by atoms with van der Waals surface area (Å²) >= 11 is 0. The molecule has 2 aromatic heterocycles. The summed E-state index contributed by atoms with van der Waals surface area (Å²) in [5, 5.41) is 0. The summed E-state index contributed by atoms with van der Waals surface area (Å²) in [5.74, 6) is 0.907. The van der Waals surface area contributed by atoms with Crippen molar-refractivity contribution < 1.29 is 0 Å². The van der Waals surface area contributed by atoms with Gasteiger partial charge in [0, 0.05) is 26.8 Å². The SMILES string of the molecule is CN(C)c1nccc2c1ncn2Cc1ccccc1. The molecule has 19 heavy (non-hydrogen) atoms. The van der Waals surface area contributed by atoms with E-state index in [-0.39, 0.29) is 0 Å². The van der Waals surface area contributed by atoms with Crippen LogP contribution in [-0.4, -0.2) is 28.6 Å². The molecule has 0 unspecified atom stereocenters. The van der Waals surface area contributed by atoms with E-state index in [0.29, 0.717) is 0 Å². The average Bonchev–Trinajstić information content (AvgIpc) is 2.83. The lowest BCUT2D eigenvalue weighted by atomic mass is 10.2. The van der Waals surface area contributed by atoms with E-state index in [0.717, 1.165) is 23.4 Å². The Morgan fingerprint density at radius 3 is 2.58 bits per heavy atom. The maximum Gasteiger partial charge on any atom is 0.156 e. The van der Waals surface area contributed by atoms with E-state index in [1.54, 1.807) is 0 Å². The Bertz CT molecular complexity index is 686. The molecule has 0 saturated heterocycles. The molecule has 0 fully saturated rings. The summed E-state index contributed by atoms with van der Waals surface area (Å²) in [5.41, 5.74) is 3.33. The molecule has 3 rings (SSSR count). The first-order valence-corrected chi connectivity index (χ1v) is 6.27. The highest BCUT2D eigenvalue weighted by atomic mass is 15.2. The van der Waals surface area contributed by atoms with Gasteiger partial charge in [-0.25, -0.2) is 9.97 Å². The Hall–Kier alpha value is -2.36. The van der Waals surface area contributed by atoms with Crippen LogP contribution < -0.4 is 4.90 Å². The van der Waals surface area contributed by atoms with Crippen LogP contribution in [0, 0.1) is 0 Å². The van der Waals surface area contributed by atoms with Crippen LogP contribution in [-0.2, 0) is 6.54 Å². The summed E-state index contributed by atoms with van der Waals surface area (Å²) in [6.45, 7) is 0.828. The molecule has 0 aliphatic rings. The van der Waals surface area contributed by atoms with Crippen LogP contribution in [0.25, 0.3) is 11.0 Å². The predicted molar refractivity (Wildman–Crippen MR) is 77.4 cm³/mol. The fraction of sp³-hybridized carbons (Fsp3) is 0.200. The molecule has 0 radical (unpaired) electrons. The van der Waals surface area contributed by atoms with E-state index < -0.39 is 0 Å². The highest BCUT2D eigenvalue weighted by Gasteiger charge is 2.09. The Balaban J connectivity index is 2.04. The fourth-order valence-corrected chi connectivity index (χ4v) is 2.21. The van der Waals surface area contributed by atoms with Crippen LogP contribution in [0.3, 0.4) is 0 Å². The molecule has 0 N–H and O–H groups in total. The lowest BCUT2D eigenvalue weighted by Gasteiger charge is -2.11. The highest BCUT2D eigenvalue weighted by molar-refractivity contribution is 5.86. The van der Waals surface area contributed by atoms with Crippen molar-refractivity contribution in [1.29, 1.82) is 0 Å². The van der Waals surface area contributed by atoms with Gasteiger partial charge in [-0.2, -0.15) is 0 Å². The van der Waals surface area contributed by atoms with Crippen molar-refractivity contribution in [3.8, 4) is 0 Å². The Morgan fingerprint density at radius 2 is 1.84 bits per heavy atom. The second-order valence-corrected chi connectivity index (χ2v) is 4.75. The van der Waals surface area contributed by atoms with Crippen LogP contribution in [0.5, 0.6) is 0 Å². The van der Waals surface area contributed by atoms with Crippen LogP contribution >= 0.6 is 0 Å². The van der Waals surface area contributed by atoms with Crippen LogP contribution in [0.15, 0.2) is 48.9 Å². The van der Waals surface area contributed by atoms with Crippen molar-refractivity contribution >= 4 is 16.9 Å². The van der Waals surface area contributed by atoms with Gasteiger partial charge in [-0.1, -0.05) is 30.3 Å². The zero-order valence-corrected chi connectivity index (χ0v) is 11.1. The maximum absolute atomic E-state index is 4.49. The molecule has 0 amide bonds. The van der Waals surface area contributed by atoms with Crippen molar-refractivity contribution in [2.45, 2.75) is 6.54 Å². The van der Waals surface area contributed by atoms with Gasteiger partial charge in [0.1, 0.15) is 5.52 Å². The molecule has 0 saturated carbocycles. The van der Waals surface area contributed by atoms with Gasteiger partial charge >= 0.3 is 0 Å². The summed E-state index contributed by atoms with van der Waals surface area (Å²) in [6.07, 6.45) is 3.72. The standard InChI is InChI=1S/C15H16N4/c1-18(2)15-14-13(8-9-16-15)19(11-17-14)10-12-6-4-3-5-7-12/h3-9,11H,10H2,1-2H3. The first kappa shape index (κ1) is 11.7. The third kappa shape index (κ3) is 2.17. The van der Waals surface area contributed by atoms with Gasteiger partial charge in [0.25, 0.3) is 0 Å². The largest absolute Gasteiger partial charge is 0.361 e. The average molecular weight is 252 g/mol. The van der Waals surface area contributed by atoms with Crippen LogP contribution in [0.4, 0.5) is 5.82 Å². The van der Waals surface area contributed by atoms with Gasteiger partial charge in [0.05, 0.1) is 11.8 Å². The van der Waals surface area contributed by atoms with E-state index in [4.69, 9.17) is 0 Å². The van der Waals surface area contributed by atoms with Gasteiger partial charge in [-0.3, -0.25) is 0 Å². The van der Waals surface area contributed by atoms with Crippen LogP contribution in [0.2, 0.25) is 0 Å². The maximum atomic E-state index is 4.49. The number of benzene rings is 1. The van der Waals surface area contributed by atoms with E-state index in [1.807, 2.05) is 43.7 Å². The third-order valence-corrected chi connectivity index (χ3v) is 3.14. The van der Waals surface area contributed by atoms with Crippen molar-refractivity contribution in [3.05, 3.63) is 54.5 Å². The van der Waals surface area contributed by atoms with Crippen molar-refractivity contribution in [2.24, 2.45) is 0 Å². The van der Waals surface area contributed by atoms with Gasteiger partial charge in [0.2, 0.25) is 0 Å². The second kappa shape index (κ2) is 4.72. The molecular formula is C15H16N4. The number of anilines is 1. The number of pyridine rings is 1. The van der Waals surface area contributed by atoms with E-state index >= 15 is 0 Å². The molecule has 0 aliphatic heterocycles. The summed E-state index contributed by atoms with van der Waals surface area (Å²) in [6, 6.07) is 12.4. The first-order chi connectivity index (χ1) is 9.25. The first-order valence-electron chi connectivity index (χ1n) is 6.27. The zero-order chi connectivity index (χ0) is 13.2. The van der Waals surface area contributed by atoms with Crippen molar-refractivity contribution in [3.63, 3.8) is 0 Å². The second-order valence-electron chi connectivity index (χ2n) is 4.75. The zero-order valence-electron chi connectivity index (χ0n) is 11.1. The number of imidazole rings is 1. The number of rotatable bonds is 3. The van der Waals surface area contributed by atoms with E-state index in [1.165, 1.54) is 5.56 Å². The molecule has 1 aromatic carbocycles. The van der Waals surface area contributed by atoms with Gasteiger partial charge < -0.3 is 9.47 Å². The van der Waals surface area contributed by atoms with E-state index in [9.17, 15) is 0 Å². The number of hydrogen-bond donors (Lipinski definition) is 0. The molecular weight excluding hydrogens is 236 g/mol. The molecule has 4 heteroatoms. The molecule has 4 nitrogen and oxygen atoms in total.